The number of nitrogens with zero attached hydrogens (tertiary/aromatic N) is 3. The first-order valence-electron chi connectivity index (χ1n) is 6.68. The summed E-state index contributed by atoms with van der Waals surface area (Å²) in [7, 11) is 0. The maximum absolute atomic E-state index is 12.2. The first kappa shape index (κ1) is 17.9. The number of benzene rings is 1. The number of anilines is 1. The second-order valence-corrected chi connectivity index (χ2v) is 7.68. The highest BCUT2D eigenvalue weighted by molar-refractivity contribution is 8.01. The van der Waals surface area contributed by atoms with E-state index in [1.807, 2.05) is 0 Å². The van der Waals surface area contributed by atoms with Crippen LogP contribution < -0.4 is 10.1 Å². The van der Waals surface area contributed by atoms with E-state index in [1.54, 1.807) is 11.6 Å². The SMILES string of the molecule is O=C(CSc1nncs1)Nc1nc2ccc(OCC(F)(F)F)cc2s1. The van der Waals surface area contributed by atoms with Crippen molar-refractivity contribution in [3.8, 4) is 5.75 Å². The fourth-order valence-electron chi connectivity index (χ4n) is 1.72. The van der Waals surface area contributed by atoms with Gasteiger partial charge in [0.1, 0.15) is 11.3 Å². The minimum absolute atomic E-state index is 0.0955. The summed E-state index contributed by atoms with van der Waals surface area (Å²) >= 11 is 3.75. The molecular formula is C13H9F3N4O2S3. The first-order valence-corrected chi connectivity index (χ1v) is 9.36. The molecule has 1 aromatic carbocycles. The maximum atomic E-state index is 12.2. The van der Waals surface area contributed by atoms with E-state index >= 15 is 0 Å². The van der Waals surface area contributed by atoms with E-state index in [0.29, 0.717) is 19.7 Å². The van der Waals surface area contributed by atoms with E-state index in [-0.39, 0.29) is 17.4 Å². The van der Waals surface area contributed by atoms with Gasteiger partial charge in [0.15, 0.2) is 16.1 Å². The summed E-state index contributed by atoms with van der Waals surface area (Å²) in [6.45, 7) is -1.36. The van der Waals surface area contributed by atoms with Gasteiger partial charge < -0.3 is 10.1 Å². The topological polar surface area (TPSA) is 77.0 Å². The molecule has 0 bridgehead atoms. The third kappa shape index (κ3) is 5.28. The molecule has 0 atom stereocenters. The van der Waals surface area contributed by atoms with Crippen LogP contribution in [-0.2, 0) is 4.79 Å². The van der Waals surface area contributed by atoms with Gasteiger partial charge in [-0.1, -0.05) is 34.4 Å². The van der Waals surface area contributed by atoms with Crippen molar-refractivity contribution in [2.75, 3.05) is 17.7 Å². The molecule has 132 valence electrons. The third-order valence-corrected chi connectivity index (χ3v) is 5.47. The number of ether oxygens (including phenoxy) is 1. The van der Waals surface area contributed by atoms with E-state index < -0.39 is 12.8 Å². The van der Waals surface area contributed by atoms with Crippen LogP contribution in [0.3, 0.4) is 0 Å². The van der Waals surface area contributed by atoms with Gasteiger partial charge in [0.05, 0.1) is 16.0 Å². The highest BCUT2D eigenvalue weighted by Gasteiger charge is 2.28. The number of thioether (sulfide) groups is 1. The van der Waals surface area contributed by atoms with Crippen molar-refractivity contribution in [2.45, 2.75) is 10.5 Å². The Morgan fingerprint density at radius 1 is 1.36 bits per heavy atom. The molecule has 1 N–H and O–H groups in total. The second kappa shape index (κ2) is 7.54. The van der Waals surface area contributed by atoms with Crippen LogP contribution in [-0.4, -0.2) is 39.6 Å². The minimum atomic E-state index is -4.40. The van der Waals surface area contributed by atoms with Gasteiger partial charge in [-0.05, 0) is 18.2 Å². The zero-order valence-electron chi connectivity index (χ0n) is 12.2. The molecule has 1 amide bonds. The van der Waals surface area contributed by atoms with Gasteiger partial charge in [-0.2, -0.15) is 13.2 Å². The third-order valence-electron chi connectivity index (χ3n) is 2.68. The molecule has 0 radical (unpaired) electrons. The summed E-state index contributed by atoms with van der Waals surface area (Å²) < 4.78 is 42.6. The normalized spacial score (nSPS) is 11.6. The average Bonchev–Trinajstić information content (AvgIpc) is 3.18. The number of nitrogens with one attached hydrogen (secondary N) is 1. The number of rotatable bonds is 6. The van der Waals surface area contributed by atoms with Crippen LogP contribution in [0.2, 0.25) is 0 Å². The van der Waals surface area contributed by atoms with Crippen LogP contribution in [0.25, 0.3) is 10.2 Å². The number of thiazole rings is 1. The summed E-state index contributed by atoms with van der Waals surface area (Å²) in [5, 5.41) is 10.5. The predicted molar refractivity (Wildman–Crippen MR) is 90.4 cm³/mol. The number of carbonyl (C=O) groups excluding carboxylic acids is 1. The second-order valence-electron chi connectivity index (χ2n) is 4.59. The van der Waals surface area contributed by atoms with Crippen LogP contribution in [0.4, 0.5) is 18.3 Å². The quantitative estimate of drug-likeness (QED) is 0.627. The molecule has 3 rings (SSSR count). The van der Waals surface area contributed by atoms with Crippen LogP contribution in [0, 0.1) is 0 Å². The van der Waals surface area contributed by atoms with Crippen molar-refractivity contribution >= 4 is 55.7 Å². The van der Waals surface area contributed by atoms with Crippen LogP contribution in [0.1, 0.15) is 0 Å². The smallest absolute Gasteiger partial charge is 0.422 e. The zero-order chi connectivity index (χ0) is 17.9. The van der Waals surface area contributed by atoms with Crippen molar-refractivity contribution < 1.29 is 22.7 Å². The van der Waals surface area contributed by atoms with Gasteiger partial charge >= 0.3 is 6.18 Å². The summed E-state index contributed by atoms with van der Waals surface area (Å²) in [5.41, 5.74) is 2.14. The van der Waals surface area contributed by atoms with Gasteiger partial charge in [0, 0.05) is 0 Å². The number of halogens is 3. The number of hydrogen-bond acceptors (Lipinski definition) is 8. The first-order chi connectivity index (χ1) is 11.9. The molecular weight excluding hydrogens is 397 g/mol. The molecule has 0 fully saturated rings. The van der Waals surface area contributed by atoms with Crippen molar-refractivity contribution in [1.82, 2.24) is 15.2 Å². The lowest BCUT2D eigenvalue weighted by atomic mass is 10.3. The fourth-order valence-corrected chi connectivity index (χ4v) is 3.92. The van der Waals surface area contributed by atoms with Crippen LogP contribution >= 0.6 is 34.4 Å². The molecule has 0 saturated carbocycles. The standard InChI is InChI=1S/C13H9F3N4O2S3/c14-13(15,16)5-22-7-1-2-8-9(3-7)25-11(18-8)19-10(21)4-23-12-20-17-6-24-12/h1-3,6H,4-5H2,(H,18,19,21). The minimum Gasteiger partial charge on any atom is -0.484 e. The van der Waals surface area contributed by atoms with E-state index in [2.05, 4.69) is 20.5 Å². The number of fused-ring (bicyclic) bond motifs is 1. The average molecular weight is 406 g/mol. The molecule has 25 heavy (non-hydrogen) atoms. The number of hydrogen-bond donors (Lipinski definition) is 1. The Balaban J connectivity index is 1.61. The van der Waals surface area contributed by atoms with Crippen molar-refractivity contribution in [1.29, 1.82) is 0 Å². The Morgan fingerprint density at radius 2 is 2.20 bits per heavy atom. The van der Waals surface area contributed by atoms with Crippen molar-refractivity contribution in [2.24, 2.45) is 0 Å². The van der Waals surface area contributed by atoms with Crippen molar-refractivity contribution in [3.63, 3.8) is 0 Å². The molecule has 0 unspecified atom stereocenters. The molecule has 0 aliphatic rings. The lowest BCUT2D eigenvalue weighted by Crippen LogP contribution is -2.19. The Bertz CT molecular complexity index is 867. The maximum Gasteiger partial charge on any atom is 0.422 e. The van der Waals surface area contributed by atoms with E-state index in [1.165, 1.54) is 35.2 Å². The largest absolute Gasteiger partial charge is 0.484 e. The molecule has 12 heteroatoms. The Hall–Kier alpha value is -1.92. The van der Waals surface area contributed by atoms with E-state index in [0.717, 1.165) is 11.3 Å². The fraction of sp³-hybridized carbons (Fsp3) is 0.231. The summed E-state index contributed by atoms with van der Waals surface area (Å²) in [4.78, 5) is 16.1. The molecule has 0 saturated heterocycles. The van der Waals surface area contributed by atoms with Crippen molar-refractivity contribution in [3.05, 3.63) is 23.7 Å². The molecule has 2 heterocycles. The molecule has 3 aromatic rings. The Kier molecular flexibility index (Phi) is 5.39. The monoisotopic (exact) mass is 406 g/mol. The molecule has 2 aromatic heterocycles. The lowest BCUT2D eigenvalue weighted by Gasteiger charge is -2.08. The van der Waals surface area contributed by atoms with Crippen LogP contribution in [0.5, 0.6) is 5.75 Å². The highest BCUT2D eigenvalue weighted by Crippen LogP contribution is 2.30. The predicted octanol–water partition coefficient (Wildman–Crippen LogP) is 3.82. The van der Waals surface area contributed by atoms with Gasteiger partial charge in [0.2, 0.25) is 5.91 Å². The zero-order valence-corrected chi connectivity index (χ0v) is 14.7. The van der Waals surface area contributed by atoms with Gasteiger partial charge in [0.25, 0.3) is 0 Å². The molecule has 0 aliphatic carbocycles. The highest BCUT2D eigenvalue weighted by atomic mass is 32.2. The van der Waals surface area contributed by atoms with Gasteiger partial charge in [-0.3, -0.25) is 4.79 Å². The molecule has 6 nitrogen and oxygen atoms in total. The Labute approximate surface area is 151 Å². The number of carbonyl (C=O) groups is 1. The van der Waals surface area contributed by atoms with E-state index in [4.69, 9.17) is 4.74 Å². The number of alkyl halides is 3. The molecule has 0 spiro atoms. The molecule has 0 aliphatic heterocycles. The summed E-state index contributed by atoms with van der Waals surface area (Å²) in [6.07, 6.45) is -4.40. The van der Waals surface area contributed by atoms with Gasteiger partial charge in [-0.25, -0.2) is 4.98 Å². The van der Waals surface area contributed by atoms with E-state index in [9.17, 15) is 18.0 Å². The Morgan fingerprint density at radius 3 is 2.92 bits per heavy atom. The number of aromatic nitrogens is 3. The summed E-state index contributed by atoms with van der Waals surface area (Å²) in [5.74, 6) is -0.00333. The van der Waals surface area contributed by atoms with Crippen LogP contribution in [0.15, 0.2) is 28.0 Å². The lowest BCUT2D eigenvalue weighted by molar-refractivity contribution is -0.153. The summed E-state index contributed by atoms with van der Waals surface area (Å²) in [6, 6.07) is 4.41. The number of amides is 1. The van der Waals surface area contributed by atoms with Gasteiger partial charge in [-0.15, -0.1) is 10.2 Å².